The number of ether oxygens (including phenoxy) is 1. The number of aromatic hydroxyl groups is 2. The van der Waals surface area contributed by atoms with Crippen LogP contribution in [0.4, 0.5) is 0 Å². The molecule has 0 saturated carbocycles. The van der Waals surface area contributed by atoms with E-state index in [9.17, 15) is 15.0 Å². The number of phenolic OH excluding ortho intramolecular Hbond substituents is 2. The molecule has 0 atom stereocenters. The van der Waals surface area contributed by atoms with Crippen molar-refractivity contribution in [2.75, 3.05) is 6.61 Å². The average molecular weight is 221 g/mol. The van der Waals surface area contributed by atoms with Gasteiger partial charge in [0.2, 0.25) is 0 Å². The summed E-state index contributed by atoms with van der Waals surface area (Å²) >= 11 is 0. The Labute approximate surface area is 92.5 Å². The second kappa shape index (κ2) is 5.03. The summed E-state index contributed by atoms with van der Waals surface area (Å²) in [6.07, 6.45) is -0.130. The predicted octanol–water partition coefficient (Wildman–Crippen LogP) is 1.08. The van der Waals surface area contributed by atoms with Crippen molar-refractivity contribution in [3.8, 4) is 17.6 Å². The van der Waals surface area contributed by atoms with Crippen LogP contribution in [0.15, 0.2) is 12.1 Å². The van der Waals surface area contributed by atoms with Crippen molar-refractivity contribution in [2.24, 2.45) is 0 Å². The van der Waals surface area contributed by atoms with Gasteiger partial charge in [0.25, 0.3) is 0 Å². The SMILES string of the molecule is CCOC(=O)Cc1ccc(O)c(C#N)c1O. The molecule has 0 aliphatic rings. The molecule has 1 rings (SSSR count). The summed E-state index contributed by atoms with van der Waals surface area (Å²) < 4.78 is 4.71. The summed E-state index contributed by atoms with van der Waals surface area (Å²) in [6.45, 7) is 1.93. The number of hydrogen-bond donors (Lipinski definition) is 2. The molecule has 0 spiro atoms. The molecule has 0 unspecified atom stereocenters. The highest BCUT2D eigenvalue weighted by Crippen LogP contribution is 2.29. The lowest BCUT2D eigenvalue weighted by Crippen LogP contribution is -2.07. The maximum absolute atomic E-state index is 11.2. The Morgan fingerprint density at radius 2 is 2.19 bits per heavy atom. The Hall–Kier alpha value is -2.22. The number of nitrogens with zero attached hydrogens (tertiary/aromatic N) is 1. The highest BCUT2D eigenvalue weighted by molar-refractivity contribution is 5.74. The molecule has 0 amide bonds. The van der Waals surface area contributed by atoms with Crippen LogP contribution in [0.2, 0.25) is 0 Å². The van der Waals surface area contributed by atoms with Crippen LogP contribution >= 0.6 is 0 Å². The average Bonchev–Trinajstić information content (AvgIpc) is 2.23. The van der Waals surface area contributed by atoms with E-state index in [1.807, 2.05) is 0 Å². The van der Waals surface area contributed by atoms with Gasteiger partial charge in [0.15, 0.2) is 0 Å². The topological polar surface area (TPSA) is 90.5 Å². The maximum atomic E-state index is 11.2. The van der Waals surface area contributed by atoms with Gasteiger partial charge in [-0.15, -0.1) is 0 Å². The number of carbonyl (C=O) groups is 1. The van der Waals surface area contributed by atoms with Crippen LogP contribution in [0.25, 0.3) is 0 Å². The third-order valence-electron chi connectivity index (χ3n) is 1.99. The molecule has 2 N–H and O–H groups in total. The zero-order valence-corrected chi connectivity index (χ0v) is 8.73. The molecule has 0 aliphatic heterocycles. The largest absolute Gasteiger partial charge is 0.506 e. The van der Waals surface area contributed by atoms with Gasteiger partial charge in [0, 0.05) is 5.56 Å². The first-order chi connectivity index (χ1) is 7.60. The van der Waals surface area contributed by atoms with E-state index in [4.69, 9.17) is 10.00 Å². The zero-order chi connectivity index (χ0) is 12.1. The van der Waals surface area contributed by atoms with Crippen LogP contribution in [-0.2, 0) is 16.0 Å². The van der Waals surface area contributed by atoms with E-state index in [1.54, 1.807) is 13.0 Å². The quantitative estimate of drug-likeness (QED) is 0.745. The number of carbonyl (C=O) groups excluding carboxylic acids is 1. The van der Waals surface area contributed by atoms with Gasteiger partial charge in [0.05, 0.1) is 13.0 Å². The van der Waals surface area contributed by atoms with Crippen molar-refractivity contribution in [1.82, 2.24) is 0 Å². The van der Waals surface area contributed by atoms with E-state index in [1.165, 1.54) is 12.1 Å². The summed E-state index contributed by atoms with van der Waals surface area (Å²) in [6, 6.07) is 4.29. The highest BCUT2D eigenvalue weighted by Gasteiger charge is 2.14. The highest BCUT2D eigenvalue weighted by atomic mass is 16.5. The third-order valence-corrected chi connectivity index (χ3v) is 1.99. The summed E-state index contributed by atoms with van der Waals surface area (Å²) in [5.41, 5.74) is 0.0228. The molecule has 0 aromatic heterocycles. The van der Waals surface area contributed by atoms with Gasteiger partial charge in [0.1, 0.15) is 23.1 Å². The lowest BCUT2D eigenvalue weighted by atomic mass is 10.1. The number of phenols is 2. The number of hydrogen-bond acceptors (Lipinski definition) is 5. The van der Waals surface area contributed by atoms with E-state index >= 15 is 0 Å². The molecule has 84 valence electrons. The van der Waals surface area contributed by atoms with Gasteiger partial charge in [-0.2, -0.15) is 5.26 Å². The fraction of sp³-hybridized carbons (Fsp3) is 0.273. The summed E-state index contributed by atoms with van der Waals surface area (Å²) in [5, 5.41) is 27.5. The standard InChI is InChI=1S/C11H11NO4/c1-2-16-10(14)5-7-3-4-9(13)8(6-12)11(7)15/h3-4,13,15H,2,5H2,1H3. The van der Waals surface area contributed by atoms with E-state index in [2.05, 4.69) is 0 Å². The first-order valence-electron chi connectivity index (χ1n) is 4.69. The Bertz CT molecular complexity index is 448. The van der Waals surface area contributed by atoms with Gasteiger partial charge in [-0.1, -0.05) is 6.07 Å². The molecular formula is C11H11NO4. The molecule has 16 heavy (non-hydrogen) atoms. The van der Waals surface area contributed by atoms with E-state index in [-0.39, 0.29) is 35.7 Å². The summed E-state index contributed by atoms with van der Waals surface area (Å²) in [4.78, 5) is 11.2. The number of nitriles is 1. The molecule has 1 aromatic rings. The molecule has 5 nitrogen and oxygen atoms in total. The van der Waals surface area contributed by atoms with E-state index < -0.39 is 5.97 Å². The van der Waals surface area contributed by atoms with Crippen LogP contribution in [0.3, 0.4) is 0 Å². The van der Waals surface area contributed by atoms with Crippen molar-refractivity contribution in [1.29, 1.82) is 5.26 Å². The molecule has 0 saturated heterocycles. The van der Waals surface area contributed by atoms with Crippen molar-refractivity contribution < 1.29 is 19.7 Å². The van der Waals surface area contributed by atoms with Gasteiger partial charge in [-0.25, -0.2) is 0 Å². The fourth-order valence-electron chi connectivity index (χ4n) is 1.24. The Morgan fingerprint density at radius 3 is 2.75 bits per heavy atom. The van der Waals surface area contributed by atoms with Gasteiger partial charge >= 0.3 is 5.97 Å². The zero-order valence-electron chi connectivity index (χ0n) is 8.73. The van der Waals surface area contributed by atoms with Crippen LogP contribution in [-0.4, -0.2) is 22.8 Å². The van der Waals surface area contributed by atoms with Crippen molar-refractivity contribution >= 4 is 5.97 Å². The monoisotopic (exact) mass is 221 g/mol. The van der Waals surface area contributed by atoms with Crippen LogP contribution in [0, 0.1) is 11.3 Å². The van der Waals surface area contributed by atoms with Crippen molar-refractivity contribution in [3.63, 3.8) is 0 Å². The summed E-state index contributed by atoms with van der Waals surface area (Å²) in [5.74, 6) is -1.18. The second-order valence-corrected chi connectivity index (χ2v) is 3.06. The van der Waals surface area contributed by atoms with Crippen molar-refractivity contribution in [3.05, 3.63) is 23.3 Å². The molecule has 1 aromatic carbocycles. The number of esters is 1. The van der Waals surface area contributed by atoms with Crippen LogP contribution < -0.4 is 0 Å². The second-order valence-electron chi connectivity index (χ2n) is 3.06. The van der Waals surface area contributed by atoms with Crippen LogP contribution in [0.5, 0.6) is 11.5 Å². The minimum atomic E-state index is -0.493. The third kappa shape index (κ3) is 2.42. The molecule has 0 radical (unpaired) electrons. The Morgan fingerprint density at radius 1 is 1.50 bits per heavy atom. The first-order valence-corrected chi connectivity index (χ1v) is 4.69. The normalized spacial score (nSPS) is 9.50. The Balaban J connectivity index is 2.99. The molecule has 0 fully saturated rings. The lowest BCUT2D eigenvalue weighted by Gasteiger charge is -2.06. The van der Waals surface area contributed by atoms with Gasteiger partial charge < -0.3 is 14.9 Å². The van der Waals surface area contributed by atoms with E-state index in [0.29, 0.717) is 0 Å². The molecule has 0 bridgehead atoms. The molecule has 0 heterocycles. The fourth-order valence-corrected chi connectivity index (χ4v) is 1.24. The van der Waals surface area contributed by atoms with Crippen molar-refractivity contribution in [2.45, 2.75) is 13.3 Å². The van der Waals surface area contributed by atoms with Gasteiger partial charge in [-0.05, 0) is 13.0 Å². The first kappa shape index (κ1) is 11.9. The van der Waals surface area contributed by atoms with E-state index in [0.717, 1.165) is 0 Å². The molecule has 0 aliphatic carbocycles. The smallest absolute Gasteiger partial charge is 0.310 e. The summed E-state index contributed by atoms with van der Waals surface area (Å²) in [7, 11) is 0. The Kier molecular flexibility index (Phi) is 3.72. The number of benzene rings is 1. The minimum Gasteiger partial charge on any atom is -0.506 e. The minimum absolute atomic E-state index is 0.130. The predicted molar refractivity (Wildman–Crippen MR) is 54.8 cm³/mol. The van der Waals surface area contributed by atoms with Gasteiger partial charge in [-0.3, -0.25) is 4.79 Å². The lowest BCUT2D eigenvalue weighted by molar-refractivity contribution is -0.142. The number of rotatable bonds is 3. The van der Waals surface area contributed by atoms with Crippen LogP contribution in [0.1, 0.15) is 18.1 Å². The maximum Gasteiger partial charge on any atom is 0.310 e. The molecule has 5 heteroatoms. The molecular weight excluding hydrogens is 210 g/mol.